The highest BCUT2D eigenvalue weighted by Gasteiger charge is 2.18. The molecule has 2 aromatic rings. The SMILES string of the molecule is CN1CCC(NC(=O)Nc2ccc(NC(=O)C(N)c3ccccc3)cc2)CC1. The molecule has 1 atom stereocenters. The summed E-state index contributed by atoms with van der Waals surface area (Å²) in [4.78, 5) is 26.7. The van der Waals surface area contributed by atoms with Crippen LogP contribution in [0, 0.1) is 0 Å². The molecule has 3 amide bonds. The van der Waals surface area contributed by atoms with Crippen LogP contribution in [0.2, 0.25) is 0 Å². The van der Waals surface area contributed by atoms with Crippen molar-refractivity contribution in [2.24, 2.45) is 5.73 Å². The maximum atomic E-state index is 12.3. The average Bonchev–Trinajstić information content (AvgIpc) is 2.71. The number of nitrogens with one attached hydrogen (secondary N) is 3. The predicted octanol–water partition coefficient (Wildman–Crippen LogP) is 2.54. The third-order valence-corrected chi connectivity index (χ3v) is 4.91. The van der Waals surface area contributed by atoms with Gasteiger partial charge in [-0.2, -0.15) is 0 Å². The van der Waals surface area contributed by atoms with Gasteiger partial charge >= 0.3 is 6.03 Å². The normalized spacial score (nSPS) is 16.2. The van der Waals surface area contributed by atoms with Gasteiger partial charge in [0.1, 0.15) is 6.04 Å². The molecule has 0 aliphatic carbocycles. The number of hydrogen-bond acceptors (Lipinski definition) is 4. The van der Waals surface area contributed by atoms with Crippen molar-refractivity contribution in [3.8, 4) is 0 Å². The van der Waals surface area contributed by atoms with Crippen molar-refractivity contribution in [2.75, 3.05) is 30.8 Å². The second-order valence-corrected chi connectivity index (χ2v) is 7.13. The largest absolute Gasteiger partial charge is 0.335 e. The number of amides is 3. The van der Waals surface area contributed by atoms with Crippen LogP contribution >= 0.6 is 0 Å². The standard InChI is InChI=1S/C21H27N5O2/c1-26-13-11-18(12-14-26)25-21(28)24-17-9-7-16(8-10-17)23-20(27)19(22)15-5-3-2-4-6-15/h2-10,18-19H,11-14,22H2,1H3,(H,23,27)(H2,24,25,28). The van der Waals surface area contributed by atoms with Crippen LogP contribution in [-0.4, -0.2) is 43.0 Å². The molecule has 7 heteroatoms. The van der Waals surface area contributed by atoms with Crippen molar-refractivity contribution in [3.63, 3.8) is 0 Å². The smallest absolute Gasteiger partial charge is 0.319 e. The van der Waals surface area contributed by atoms with Crippen LogP contribution in [0.5, 0.6) is 0 Å². The summed E-state index contributed by atoms with van der Waals surface area (Å²) in [5.74, 6) is -0.285. The summed E-state index contributed by atoms with van der Waals surface area (Å²) >= 11 is 0. The molecule has 1 unspecified atom stereocenters. The molecule has 0 saturated carbocycles. The van der Waals surface area contributed by atoms with Gasteiger partial charge in [-0.25, -0.2) is 4.79 Å². The summed E-state index contributed by atoms with van der Waals surface area (Å²) in [6.45, 7) is 1.98. The van der Waals surface area contributed by atoms with Crippen LogP contribution in [0.1, 0.15) is 24.4 Å². The summed E-state index contributed by atoms with van der Waals surface area (Å²) in [7, 11) is 2.09. The van der Waals surface area contributed by atoms with E-state index in [9.17, 15) is 9.59 Å². The van der Waals surface area contributed by atoms with Gasteiger partial charge in [-0.05, 0) is 62.8 Å². The molecule has 0 aromatic heterocycles. The van der Waals surface area contributed by atoms with Crippen LogP contribution in [0.3, 0.4) is 0 Å². The molecular weight excluding hydrogens is 354 g/mol. The highest BCUT2D eigenvalue weighted by molar-refractivity contribution is 5.96. The quantitative estimate of drug-likeness (QED) is 0.639. The van der Waals surface area contributed by atoms with Crippen molar-refractivity contribution >= 4 is 23.3 Å². The summed E-state index contributed by atoms with van der Waals surface area (Å²) in [6, 6.07) is 15.4. The molecule has 1 aliphatic rings. The van der Waals surface area contributed by atoms with Crippen molar-refractivity contribution in [3.05, 3.63) is 60.2 Å². The van der Waals surface area contributed by atoms with Gasteiger partial charge in [0.25, 0.3) is 0 Å². The van der Waals surface area contributed by atoms with Crippen LogP contribution in [0.15, 0.2) is 54.6 Å². The van der Waals surface area contributed by atoms with Gasteiger partial charge in [0.05, 0.1) is 0 Å². The number of likely N-dealkylation sites (tertiary alicyclic amines) is 1. The van der Waals surface area contributed by atoms with Crippen LogP contribution < -0.4 is 21.7 Å². The first kappa shape index (κ1) is 19.9. The number of benzene rings is 2. The van der Waals surface area contributed by atoms with E-state index >= 15 is 0 Å². The molecule has 5 N–H and O–H groups in total. The van der Waals surface area contributed by atoms with Crippen LogP contribution in [0.25, 0.3) is 0 Å². The Bertz CT molecular complexity index is 786. The number of piperidine rings is 1. The predicted molar refractivity (Wildman–Crippen MR) is 111 cm³/mol. The van der Waals surface area contributed by atoms with Crippen molar-refractivity contribution < 1.29 is 9.59 Å². The zero-order valence-electron chi connectivity index (χ0n) is 16.0. The van der Waals surface area contributed by atoms with Gasteiger partial charge < -0.3 is 26.6 Å². The van der Waals surface area contributed by atoms with E-state index in [1.807, 2.05) is 30.3 Å². The molecule has 0 bridgehead atoms. The zero-order chi connectivity index (χ0) is 19.9. The number of nitrogens with two attached hydrogens (primary N) is 1. The number of nitrogens with zero attached hydrogens (tertiary/aromatic N) is 1. The number of hydrogen-bond donors (Lipinski definition) is 4. The fourth-order valence-electron chi connectivity index (χ4n) is 3.17. The van der Waals surface area contributed by atoms with Gasteiger partial charge in [0.15, 0.2) is 0 Å². The third kappa shape index (κ3) is 5.55. The minimum atomic E-state index is -0.737. The lowest BCUT2D eigenvalue weighted by molar-refractivity contribution is -0.117. The van der Waals surface area contributed by atoms with E-state index in [4.69, 9.17) is 5.73 Å². The Morgan fingerprint density at radius 1 is 0.964 bits per heavy atom. The minimum absolute atomic E-state index is 0.203. The lowest BCUT2D eigenvalue weighted by Gasteiger charge is -2.29. The maximum Gasteiger partial charge on any atom is 0.319 e. The second kappa shape index (κ2) is 9.34. The average molecular weight is 381 g/mol. The van der Waals surface area contributed by atoms with Crippen LogP contribution in [-0.2, 0) is 4.79 Å². The molecule has 1 fully saturated rings. The fourth-order valence-corrected chi connectivity index (χ4v) is 3.17. The zero-order valence-corrected chi connectivity index (χ0v) is 16.0. The Hall–Kier alpha value is -2.90. The molecule has 1 saturated heterocycles. The molecule has 28 heavy (non-hydrogen) atoms. The van der Waals surface area contributed by atoms with Crippen molar-refractivity contribution in [2.45, 2.75) is 24.9 Å². The van der Waals surface area contributed by atoms with E-state index in [-0.39, 0.29) is 18.0 Å². The summed E-state index contributed by atoms with van der Waals surface area (Å²) in [5.41, 5.74) is 8.04. The van der Waals surface area contributed by atoms with Gasteiger partial charge in [0, 0.05) is 17.4 Å². The van der Waals surface area contributed by atoms with E-state index in [1.54, 1.807) is 24.3 Å². The molecule has 0 spiro atoms. The Morgan fingerprint density at radius 2 is 1.54 bits per heavy atom. The van der Waals surface area contributed by atoms with Crippen molar-refractivity contribution in [1.82, 2.24) is 10.2 Å². The van der Waals surface area contributed by atoms with Gasteiger partial charge in [-0.15, -0.1) is 0 Å². The van der Waals surface area contributed by atoms with E-state index in [0.717, 1.165) is 31.5 Å². The first-order valence-electron chi connectivity index (χ1n) is 9.49. The van der Waals surface area contributed by atoms with E-state index in [1.165, 1.54) is 0 Å². The van der Waals surface area contributed by atoms with Crippen LogP contribution in [0.4, 0.5) is 16.2 Å². The molecule has 7 nitrogen and oxygen atoms in total. The molecule has 0 radical (unpaired) electrons. The minimum Gasteiger partial charge on any atom is -0.335 e. The fraction of sp³-hybridized carbons (Fsp3) is 0.333. The number of carbonyl (C=O) groups excluding carboxylic acids is 2. The molecule has 1 heterocycles. The first-order valence-corrected chi connectivity index (χ1v) is 9.49. The van der Waals surface area contributed by atoms with Gasteiger partial charge in [0.2, 0.25) is 5.91 Å². The summed E-state index contributed by atoms with van der Waals surface area (Å²) in [6.07, 6.45) is 1.91. The summed E-state index contributed by atoms with van der Waals surface area (Å²) in [5, 5.41) is 8.63. The Labute approximate surface area is 165 Å². The lowest BCUT2D eigenvalue weighted by atomic mass is 10.1. The van der Waals surface area contributed by atoms with Crippen molar-refractivity contribution in [1.29, 1.82) is 0 Å². The molecule has 3 rings (SSSR count). The second-order valence-electron chi connectivity index (χ2n) is 7.13. The monoisotopic (exact) mass is 381 g/mol. The highest BCUT2D eigenvalue weighted by atomic mass is 16.2. The molecule has 2 aromatic carbocycles. The number of anilines is 2. The lowest BCUT2D eigenvalue weighted by Crippen LogP contribution is -2.44. The number of carbonyl (C=O) groups is 2. The molecule has 1 aliphatic heterocycles. The van der Waals surface area contributed by atoms with Gasteiger partial charge in [-0.3, -0.25) is 4.79 Å². The summed E-state index contributed by atoms with van der Waals surface area (Å²) < 4.78 is 0. The Kier molecular flexibility index (Phi) is 6.62. The van der Waals surface area contributed by atoms with E-state index < -0.39 is 6.04 Å². The molecular formula is C21H27N5O2. The van der Waals surface area contributed by atoms with Gasteiger partial charge in [-0.1, -0.05) is 30.3 Å². The number of urea groups is 1. The number of rotatable bonds is 5. The van der Waals surface area contributed by atoms with E-state index in [0.29, 0.717) is 11.4 Å². The topological polar surface area (TPSA) is 99.5 Å². The third-order valence-electron chi connectivity index (χ3n) is 4.91. The Morgan fingerprint density at radius 3 is 2.14 bits per heavy atom. The first-order chi connectivity index (χ1) is 13.5. The highest BCUT2D eigenvalue weighted by Crippen LogP contribution is 2.17. The molecule has 148 valence electrons. The maximum absolute atomic E-state index is 12.3. The Balaban J connectivity index is 1.49. The van der Waals surface area contributed by atoms with E-state index in [2.05, 4.69) is 27.9 Å².